The summed E-state index contributed by atoms with van der Waals surface area (Å²) in [6, 6.07) is 17.6. The van der Waals surface area contributed by atoms with Crippen molar-refractivity contribution in [2.75, 3.05) is 14.1 Å². The molecule has 24 heteroatoms. The molecule has 0 unspecified atom stereocenters. The van der Waals surface area contributed by atoms with Crippen LogP contribution in [0.2, 0.25) is 0 Å². The van der Waals surface area contributed by atoms with Gasteiger partial charge in [0.1, 0.15) is 58.7 Å². The van der Waals surface area contributed by atoms with Crippen LogP contribution in [-0.4, -0.2) is 97.2 Å². The van der Waals surface area contributed by atoms with Crippen LogP contribution in [0.1, 0.15) is 270 Å². The Balaban J connectivity index is -0.0000000387. The molecule has 6 N–H and O–H groups in total. The van der Waals surface area contributed by atoms with E-state index in [1.54, 1.807) is 63.2 Å². The zero-order valence-corrected chi connectivity index (χ0v) is 48.5. The van der Waals surface area contributed by atoms with Gasteiger partial charge in [-0.2, -0.15) is 10.2 Å². The van der Waals surface area contributed by atoms with Crippen LogP contribution in [0.15, 0.2) is 84.8 Å². The fourth-order valence-electron chi connectivity index (χ4n) is 9.58. The fraction of sp³-hybridized carbons (Fsp3) is 0.534. The maximum absolute atomic E-state index is 13.8. The van der Waals surface area contributed by atoms with E-state index in [0.717, 1.165) is 54.5 Å². The number of Topliss-reactive ketones (excluding diaryl/α,β-unsaturated/α-hetero) is 4. The van der Waals surface area contributed by atoms with Crippen LogP contribution >= 0.6 is 12.4 Å². The number of rotatable bonds is 17. The molecule has 0 spiro atoms. The third-order valence-corrected chi connectivity index (χ3v) is 15.5. The zero-order valence-electron chi connectivity index (χ0n) is 104. The summed E-state index contributed by atoms with van der Waals surface area (Å²) in [6.07, 6.45) is 2.78. The van der Waals surface area contributed by atoms with E-state index in [2.05, 4.69) is 17.1 Å². The highest BCUT2D eigenvalue weighted by Gasteiger charge is 2.40. The van der Waals surface area contributed by atoms with Crippen molar-refractivity contribution >= 4 is 53.4 Å². The van der Waals surface area contributed by atoms with Crippen molar-refractivity contribution in [3.05, 3.63) is 118 Å². The number of nitrogens with two attached hydrogens (primary N) is 1. The van der Waals surface area contributed by atoms with Crippen molar-refractivity contribution in [1.29, 1.82) is 0 Å². The number of hydrogen-bond acceptors (Lipinski definition) is 14. The molecular weight excluding hydrogens is 1100 g/mol. The predicted molar refractivity (Wildman–Crippen MR) is 355 cm³/mol. The summed E-state index contributed by atoms with van der Waals surface area (Å²) >= 11 is 0. The number of aromatic carboxylic acids is 1. The number of halogens is 7. The molecule has 3 aliphatic carbocycles. The highest BCUT2D eigenvalue weighted by atomic mass is 35.5. The van der Waals surface area contributed by atoms with Crippen molar-refractivity contribution in [2.45, 2.75) is 169 Å². The van der Waals surface area contributed by atoms with Crippen LogP contribution < -0.4 is 11.9 Å². The maximum atomic E-state index is 13.8. The highest BCUT2D eigenvalue weighted by Crippen LogP contribution is 2.44. The summed E-state index contributed by atoms with van der Waals surface area (Å²) in [7, 11) is 3.03. The Morgan fingerprint density at radius 2 is 1.02 bits per heavy atom. The van der Waals surface area contributed by atoms with E-state index in [-0.39, 0.29) is 69.3 Å². The number of aromatic nitrogens is 4. The van der Waals surface area contributed by atoms with E-state index in [9.17, 15) is 59.9 Å². The van der Waals surface area contributed by atoms with E-state index in [1.165, 1.54) is 23.7 Å². The first-order chi connectivity index (χ1) is 64.5. The molecule has 2 aromatic carbocycles. The molecule has 0 aliphatic heterocycles. The molecular formula is C58H134ClF6N7O10-2. The molecule has 2 aromatic heterocycles. The number of nitrogens with zero attached hydrogens (tertiary/aromatic N) is 5. The second-order valence-corrected chi connectivity index (χ2v) is 21.6. The van der Waals surface area contributed by atoms with Gasteiger partial charge in [-0.25, -0.2) is 40.7 Å². The summed E-state index contributed by atoms with van der Waals surface area (Å²) < 4.78 is 361. The second kappa shape index (κ2) is 32.2. The van der Waals surface area contributed by atoms with Gasteiger partial charge in [-0.1, -0.05) is 81.4 Å². The standard InChI is InChI=1S/C21H24F2N2O3.C14H18F2N2O3.C14H15F2NO3.C9H17NO.ClH.H3N.27H2.2H/c1-14(26)21(2)10-8-16(9-11-21)25-18(19(22)23)17(12-24-25)20(27)28-13-15-6-4-3-5-7-15;1-8(19)14(2)5-3-9(4-6-14)18-11(12(15)16)10(7-17-18)13(20)21;1-17(2)8-11(12(18)13(15)16)14(19)20-9-10-6-4-3-5-7-10;1-7(11)9(2)5-3-8(10)4-6-9;;;;;;;;;;;;;;;;;;;;;;;;;;;;;;;/h3-7,12,16,19H,8-11,13H2,1-2H3;7,9,12H,3-6H2,1-2H3,(H,20,21);3-8,13H,9H2,1-2H3;8H,3-6,10H2,1-2H3;1H;1H3;27*1H;;/q;;;;;;;;;;;;;;;;;;;;;;;;;;;;;;;;;2*-1/i;;;;;;27*1+1D;2*1+1. The van der Waals surface area contributed by atoms with Crippen molar-refractivity contribution in [2.24, 2.45) is 22.0 Å². The monoisotopic (exact) mass is 1290 g/mol. The number of esters is 2. The average molecular weight is 1300 g/mol. The lowest BCUT2D eigenvalue weighted by atomic mass is 9.71. The molecule has 4 aromatic rings. The molecule has 3 aliphatic rings. The lowest BCUT2D eigenvalue weighted by molar-refractivity contribution is -0.143. The largest absolute Gasteiger partial charge is 1.00 e. The number of ether oxygens (including phenoxy) is 2. The van der Waals surface area contributed by atoms with Crippen molar-refractivity contribution in [3.63, 3.8) is 0 Å². The van der Waals surface area contributed by atoms with Gasteiger partial charge in [0, 0.05) is 123 Å². The first kappa shape index (κ1) is 38.9. The van der Waals surface area contributed by atoms with E-state index < -0.39 is 76.3 Å². The minimum absolute atomic E-state index is 0. The first-order valence-electron chi connectivity index (χ1n) is 53.4. The van der Waals surface area contributed by atoms with Gasteiger partial charge in [-0.05, 0) is 109 Å². The Kier molecular flexibility index (Phi) is 15.3. The Bertz CT molecular complexity index is 2900. The summed E-state index contributed by atoms with van der Waals surface area (Å²) in [5, 5.41) is 16.9. The predicted octanol–water partition coefficient (Wildman–Crippen LogP) is 19.1. The van der Waals surface area contributed by atoms with Crippen LogP contribution in [0.3, 0.4) is 0 Å². The molecule has 2 heterocycles. The topological polar surface area (TPSA) is 258 Å². The van der Waals surface area contributed by atoms with Crippen LogP contribution in [0.4, 0.5) is 26.3 Å². The van der Waals surface area contributed by atoms with Gasteiger partial charge in [0.2, 0.25) is 5.78 Å². The smallest absolute Gasteiger partial charge is 0.343 e. The number of carboxylic acid groups (broad SMARTS) is 1. The third-order valence-electron chi connectivity index (χ3n) is 15.5. The maximum Gasteiger partial charge on any atom is 0.343 e. The van der Waals surface area contributed by atoms with Gasteiger partial charge >= 0.3 is 24.3 Å². The molecule has 0 radical (unpaired) electrons. The molecule has 82 heavy (non-hydrogen) atoms. The molecule has 512 valence electrons. The molecule has 0 amide bonds. The SMILES string of the molecule is CC(=O)C1(C)CCC(N)CC1.CC(=O)C1(C)CCC(n2ncc(C(=O)O)c2C(F)F)CC1.CC(=O)C1(C)CCC(n2ncc(C(=O)OCc3ccccc3)c2C(F)F)CC1.CN(C)C=C(C(=O)OCc1ccccc1)C(=O)C(F)F.Cl.N.[2H-].[2H-].[2H][2H].[2H][2H].[2H][2H].[2H][2H].[2H][2H].[2H][2H].[2H][2H].[2H][2H].[2H][2H].[2H][2H].[2H][2H].[2H][2H].[2H][2H].[2H][2H].[2H][2H].[2H][2H].[2H][2H].[2H][2H].[2H][2H].[2H][2H].[2H][2H].[2H][2H].[2H][2H].[2H][2H].[2H][2H].[2H][2H].[2H][2H]. The first-order valence-corrected chi connectivity index (χ1v) is 26.4. The molecule has 0 bridgehead atoms. The van der Waals surface area contributed by atoms with E-state index in [1.807, 2.05) is 32.0 Å². The number of alkyl halides is 6. The molecule has 7 rings (SSSR count). The van der Waals surface area contributed by atoms with Gasteiger partial charge < -0.3 is 34.2 Å². The lowest BCUT2D eigenvalue weighted by Crippen LogP contribution is -2.36. The fourth-order valence-corrected chi connectivity index (χ4v) is 9.58. The number of carbonyl (C=O) groups excluding carboxylic acids is 6. The molecule has 3 fully saturated rings. The van der Waals surface area contributed by atoms with Crippen molar-refractivity contribution < 1.29 is 158 Å². The van der Waals surface area contributed by atoms with Gasteiger partial charge in [-0.3, -0.25) is 28.5 Å². The Labute approximate surface area is 567 Å². The summed E-state index contributed by atoms with van der Waals surface area (Å²) in [6.45, 7) is 10.6. The highest BCUT2D eigenvalue weighted by molar-refractivity contribution is 6.18. The minimum atomic E-state index is -3.24. The van der Waals surface area contributed by atoms with Crippen molar-refractivity contribution in [1.82, 2.24) is 30.6 Å². The van der Waals surface area contributed by atoms with Gasteiger partial charge in [-0.15, -0.1) is 12.4 Å². The quantitative estimate of drug-likeness (QED) is 0.0292. The molecule has 3 saturated carbocycles. The zero-order chi connectivity index (χ0) is 114. The van der Waals surface area contributed by atoms with Crippen LogP contribution in [-0.2, 0) is 46.7 Å². The van der Waals surface area contributed by atoms with E-state index >= 15 is 0 Å². The summed E-state index contributed by atoms with van der Waals surface area (Å²) in [5.41, 5.74) is 4.07. The van der Waals surface area contributed by atoms with E-state index in [4.69, 9.17) is 100 Å². The molecule has 0 atom stereocenters. The molecule has 17 nitrogen and oxygen atoms in total. The number of ketones is 4. The van der Waals surface area contributed by atoms with Crippen LogP contribution in [0, 0.1) is 16.2 Å². The number of carboxylic acids is 1. The van der Waals surface area contributed by atoms with Gasteiger partial charge in [0.15, 0.2) is 0 Å². The van der Waals surface area contributed by atoms with Crippen LogP contribution in [0.25, 0.3) is 0 Å². The van der Waals surface area contributed by atoms with Gasteiger partial charge in [0.05, 0.1) is 24.5 Å². The number of benzene rings is 2. The van der Waals surface area contributed by atoms with Crippen LogP contribution in [0.5, 0.6) is 0 Å². The van der Waals surface area contributed by atoms with E-state index in [0.29, 0.717) is 68.8 Å². The Hall–Kier alpha value is -6.72. The van der Waals surface area contributed by atoms with Gasteiger partial charge in [0.25, 0.3) is 12.9 Å². The number of carbonyl (C=O) groups is 7. The average Bonchev–Trinajstić information content (AvgIpc) is 1.64. The lowest BCUT2D eigenvalue weighted by Gasteiger charge is -2.35. The third kappa shape index (κ3) is 19.7. The number of hydrogen-bond donors (Lipinski definition) is 3. The second-order valence-electron chi connectivity index (χ2n) is 21.6. The Morgan fingerprint density at radius 3 is 1.37 bits per heavy atom. The summed E-state index contributed by atoms with van der Waals surface area (Å²) in [4.78, 5) is 82.3. The Morgan fingerprint density at radius 1 is 0.671 bits per heavy atom. The normalized spacial score (nSPS) is 24.9. The molecule has 0 saturated heterocycles. The van der Waals surface area contributed by atoms with Crippen molar-refractivity contribution in [3.8, 4) is 0 Å². The summed E-state index contributed by atoms with van der Waals surface area (Å²) in [5.74, 6) is -4.28. The minimum Gasteiger partial charge on any atom is -1.00 e.